The molecule has 1 aromatic carbocycles. The van der Waals surface area contributed by atoms with Crippen molar-refractivity contribution in [3.63, 3.8) is 0 Å². The first-order chi connectivity index (χ1) is 11.9. The molecule has 132 valence electrons. The second-order valence-electron chi connectivity index (χ2n) is 6.47. The average molecular weight is 369 g/mol. The fourth-order valence-corrected chi connectivity index (χ4v) is 3.48. The number of rotatable bonds is 4. The number of halogens is 4. The van der Waals surface area contributed by atoms with Gasteiger partial charge in [-0.3, -0.25) is 0 Å². The van der Waals surface area contributed by atoms with Crippen LogP contribution in [0.15, 0.2) is 36.5 Å². The van der Waals surface area contributed by atoms with Crippen molar-refractivity contribution >= 4 is 23.1 Å². The molecule has 1 atom stereocenters. The Morgan fingerprint density at radius 1 is 1.24 bits per heavy atom. The first-order valence-electron chi connectivity index (χ1n) is 8.15. The van der Waals surface area contributed by atoms with Gasteiger partial charge in [0.15, 0.2) is 0 Å². The van der Waals surface area contributed by atoms with Crippen LogP contribution in [0.2, 0.25) is 5.02 Å². The van der Waals surface area contributed by atoms with E-state index >= 15 is 0 Å². The van der Waals surface area contributed by atoms with Crippen LogP contribution in [0.25, 0.3) is 0 Å². The largest absolute Gasteiger partial charge is 0.426 e. The lowest BCUT2D eigenvalue weighted by atomic mass is 9.82. The molecule has 0 radical (unpaired) electrons. The molecule has 7 heteroatoms. The van der Waals surface area contributed by atoms with Crippen molar-refractivity contribution in [2.24, 2.45) is 5.92 Å². The van der Waals surface area contributed by atoms with E-state index in [9.17, 15) is 13.2 Å². The normalized spacial score (nSPS) is 22.1. The Balaban J connectivity index is 1.88. The fraction of sp³-hybridized carbons (Fsp3) is 0.389. The second-order valence-corrected chi connectivity index (χ2v) is 6.91. The number of aromatic nitrogens is 1. The molecule has 25 heavy (non-hydrogen) atoms. The Labute approximate surface area is 148 Å². The van der Waals surface area contributed by atoms with Crippen molar-refractivity contribution in [3.8, 4) is 0 Å². The maximum Gasteiger partial charge on any atom is 0.426 e. The van der Waals surface area contributed by atoms with Gasteiger partial charge in [-0.05, 0) is 36.6 Å². The zero-order valence-corrected chi connectivity index (χ0v) is 14.0. The monoisotopic (exact) mass is 368 g/mol. The Morgan fingerprint density at radius 3 is 2.76 bits per heavy atom. The van der Waals surface area contributed by atoms with Crippen molar-refractivity contribution in [2.45, 2.75) is 31.0 Å². The molecule has 0 saturated heterocycles. The van der Waals surface area contributed by atoms with Gasteiger partial charge in [0.2, 0.25) is 5.60 Å². The molecule has 2 aliphatic rings. The molecule has 0 amide bonds. The lowest BCUT2D eigenvalue weighted by molar-refractivity contribution is -0.267. The number of nitrogens with one attached hydrogen (secondary N) is 1. The number of benzene rings is 1. The number of pyridine rings is 1. The van der Waals surface area contributed by atoms with E-state index in [1.54, 1.807) is 6.07 Å². The molecule has 4 rings (SSSR count). The van der Waals surface area contributed by atoms with E-state index in [1.807, 2.05) is 0 Å². The van der Waals surface area contributed by atoms with Crippen LogP contribution in [0, 0.1) is 5.92 Å². The van der Waals surface area contributed by atoms with Crippen LogP contribution in [0.5, 0.6) is 0 Å². The van der Waals surface area contributed by atoms with E-state index in [1.165, 1.54) is 30.5 Å². The molecular formula is C18H16ClF3N2O. The lowest BCUT2D eigenvalue weighted by Crippen LogP contribution is -2.48. The molecule has 0 bridgehead atoms. The molecule has 1 aromatic heterocycles. The molecule has 1 N–H and O–H groups in total. The van der Waals surface area contributed by atoms with Crippen molar-refractivity contribution < 1.29 is 17.9 Å². The topological polar surface area (TPSA) is 34.1 Å². The fourth-order valence-electron chi connectivity index (χ4n) is 3.31. The highest BCUT2D eigenvalue weighted by molar-refractivity contribution is 6.30. The summed E-state index contributed by atoms with van der Waals surface area (Å²) in [5.41, 5.74) is -2.33. The predicted octanol–water partition coefficient (Wildman–Crippen LogP) is 5.41. The third kappa shape index (κ3) is 2.77. The minimum atomic E-state index is -4.66. The standard InChI is InChI=1S/C18H16ClF3N2O/c19-12-5-6-15-14(10-12)17(18(20,21)22,25-9-7-11-3-4-11)13-2-1-8-23-16(13)24-15/h1-2,5-6,8,10-11H,3-4,7,9H2,(H,23,24). The van der Waals surface area contributed by atoms with Crippen molar-refractivity contribution in [3.05, 3.63) is 52.7 Å². The van der Waals surface area contributed by atoms with Crippen LogP contribution in [0.4, 0.5) is 24.7 Å². The number of fused-ring (bicyclic) bond motifs is 2. The van der Waals surface area contributed by atoms with E-state index in [0.717, 1.165) is 12.8 Å². The van der Waals surface area contributed by atoms with Gasteiger partial charge in [0.1, 0.15) is 5.82 Å². The molecule has 1 saturated carbocycles. The van der Waals surface area contributed by atoms with Gasteiger partial charge in [0, 0.05) is 34.6 Å². The average Bonchev–Trinajstić information content (AvgIpc) is 3.38. The summed E-state index contributed by atoms with van der Waals surface area (Å²) in [5, 5.41) is 3.19. The van der Waals surface area contributed by atoms with Crippen molar-refractivity contribution in [2.75, 3.05) is 11.9 Å². The van der Waals surface area contributed by atoms with Gasteiger partial charge in [0.25, 0.3) is 0 Å². The summed E-state index contributed by atoms with van der Waals surface area (Å²) in [6.45, 7) is 0.0322. The van der Waals surface area contributed by atoms with Crippen LogP contribution in [0.1, 0.15) is 30.4 Å². The summed E-state index contributed by atoms with van der Waals surface area (Å²) in [7, 11) is 0. The molecular weight excluding hydrogens is 353 g/mol. The maximum absolute atomic E-state index is 14.4. The molecule has 1 aliphatic heterocycles. The first-order valence-corrected chi connectivity index (χ1v) is 8.53. The smallest absolute Gasteiger partial charge is 0.356 e. The van der Waals surface area contributed by atoms with E-state index < -0.39 is 11.8 Å². The van der Waals surface area contributed by atoms with Crippen LogP contribution >= 0.6 is 11.6 Å². The van der Waals surface area contributed by atoms with Crippen LogP contribution in [-0.4, -0.2) is 17.8 Å². The molecule has 1 unspecified atom stereocenters. The number of alkyl halides is 3. The first kappa shape index (κ1) is 16.7. The van der Waals surface area contributed by atoms with Crippen molar-refractivity contribution in [1.82, 2.24) is 4.98 Å². The number of ether oxygens (including phenoxy) is 1. The third-order valence-corrected chi connectivity index (χ3v) is 4.98. The number of hydrogen-bond donors (Lipinski definition) is 1. The highest BCUT2D eigenvalue weighted by Gasteiger charge is 2.62. The molecule has 0 spiro atoms. The Bertz CT molecular complexity index is 807. The van der Waals surface area contributed by atoms with Gasteiger partial charge in [-0.25, -0.2) is 4.98 Å². The van der Waals surface area contributed by atoms with E-state index in [0.29, 0.717) is 18.0 Å². The third-order valence-electron chi connectivity index (χ3n) is 4.74. The Kier molecular flexibility index (Phi) is 3.92. The summed E-state index contributed by atoms with van der Waals surface area (Å²) >= 11 is 6.01. The van der Waals surface area contributed by atoms with Gasteiger partial charge in [-0.1, -0.05) is 30.5 Å². The van der Waals surface area contributed by atoms with Gasteiger partial charge >= 0.3 is 6.18 Å². The summed E-state index contributed by atoms with van der Waals surface area (Å²) in [5.74, 6) is 0.625. The van der Waals surface area contributed by atoms with Gasteiger partial charge in [-0.15, -0.1) is 0 Å². The number of nitrogens with zero attached hydrogens (tertiary/aromatic N) is 1. The summed E-state index contributed by atoms with van der Waals surface area (Å²) in [4.78, 5) is 4.08. The quantitative estimate of drug-likeness (QED) is 0.783. The summed E-state index contributed by atoms with van der Waals surface area (Å²) in [6, 6.07) is 7.29. The highest BCUT2D eigenvalue weighted by Crippen LogP contribution is 2.55. The number of hydrogen-bond acceptors (Lipinski definition) is 3. The highest BCUT2D eigenvalue weighted by atomic mass is 35.5. The number of anilines is 2. The lowest BCUT2D eigenvalue weighted by Gasteiger charge is -2.41. The van der Waals surface area contributed by atoms with E-state index in [-0.39, 0.29) is 28.6 Å². The minimum absolute atomic E-state index is 0.0243. The van der Waals surface area contributed by atoms with Crippen molar-refractivity contribution in [1.29, 1.82) is 0 Å². The van der Waals surface area contributed by atoms with Gasteiger partial charge < -0.3 is 10.1 Å². The Hall–Kier alpha value is -1.79. The zero-order chi connectivity index (χ0) is 17.7. The van der Waals surface area contributed by atoms with Crippen LogP contribution < -0.4 is 5.32 Å². The molecule has 2 aromatic rings. The Morgan fingerprint density at radius 2 is 2.04 bits per heavy atom. The molecule has 1 fully saturated rings. The summed E-state index contributed by atoms with van der Waals surface area (Å²) < 4.78 is 48.8. The van der Waals surface area contributed by atoms with E-state index in [2.05, 4.69) is 10.3 Å². The molecule has 2 heterocycles. The molecule has 3 nitrogen and oxygen atoms in total. The molecule has 1 aliphatic carbocycles. The zero-order valence-electron chi connectivity index (χ0n) is 13.2. The maximum atomic E-state index is 14.4. The van der Waals surface area contributed by atoms with E-state index in [4.69, 9.17) is 16.3 Å². The SMILES string of the molecule is FC(F)(F)C1(OCCC2CC2)c2cc(Cl)ccc2Nc2ncccc21. The predicted molar refractivity (Wildman–Crippen MR) is 89.1 cm³/mol. The van der Waals surface area contributed by atoms with Gasteiger partial charge in [0.05, 0.1) is 0 Å². The van der Waals surface area contributed by atoms with Crippen LogP contribution in [0.3, 0.4) is 0 Å². The van der Waals surface area contributed by atoms with Crippen LogP contribution in [-0.2, 0) is 10.3 Å². The summed E-state index contributed by atoms with van der Waals surface area (Å²) in [6.07, 6.45) is -0.459. The second kappa shape index (κ2) is 5.88. The minimum Gasteiger partial charge on any atom is -0.356 e. The van der Waals surface area contributed by atoms with Gasteiger partial charge in [-0.2, -0.15) is 13.2 Å².